The summed E-state index contributed by atoms with van der Waals surface area (Å²) < 4.78 is 5.18. The number of likely N-dealkylation sites (N-methyl/N-ethyl adjacent to an activating group) is 1. The summed E-state index contributed by atoms with van der Waals surface area (Å²) in [6.45, 7) is 2.32. The normalized spacial score (nSPS) is 23.0. The lowest BCUT2D eigenvalue weighted by Crippen LogP contribution is -2.44. The van der Waals surface area contributed by atoms with Gasteiger partial charge < -0.3 is 14.7 Å². The average molecular weight is 269 g/mol. The van der Waals surface area contributed by atoms with Crippen LogP contribution >= 0.6 is 11.3 Å². The number of thiophene rings is 1. The van der Waals surface area contributed by atoms with Crippen LogP contribution < -0.4 is 0 Å². The molecule has 0 saturated carbocycles. The molecule has 2 atom stereocenters. The first-order chi connectivity index (χ1) is 8.52. The summed E-state index contributed by atoms with van der Waals surface area (Å²) in [6.07, 6.45) is 0. The Morgan fingerprint density at radius 3 is 2.72 bits per heavy atom. The highest BCUT2D eigenvalue weighted by atomic mass is 32.1. The molecule has 0 bridgehead atoms. The number of carboxylic acids is 1. The van der Waals surface area contributed by atoms with Crippen molar-refractivity contribution >= 4 is 23.2 Å². The van der Waals surface area contributed by atoms with Crippen LogP contribution in [0.15, 0.2) is 10.8 Å². The van der Waals surface area contributed by atoms with Gasteiger partial charge in [-0.3, -0.25) is 9.59 Å². The predicted octanol–water partition coefficient (Wildman–Crippen LogP) is 1.23. The highest BCUT2D eigenvalue weighted by Crippen LogP contribution is 2.23. The molecule has 2 unspecified atom stereocenters. The number of nitrogens with zero attached hydrogens (tertiary/aromatic N) is 1. The van der Waals surface area contributed by atoms with E-state index in [1.807, 2.05) is 12.3 Å². The third-order valence-electron chi connectivity index (χ3n) is 3.27. The summed E-state index contributed by atoms with van der Waals surface area (Å²) in [5.41, 5.74) is 1.56. The molecule has 2 rings (SSSR count). The molecule has 98 valence electrons. The molecule has 5 nitrogen and oxygen atoms in total. The number of hydrogen-bond acceptors (Lipinski definition) is 4. The molecule has 0 radical (unpaired) electrons. The lowest BCUT2D eigenvalue weighted by molar-refractivity contribution is -0.142. The Labute approximate surface area is 109 Å². The predicted molar refractivity (Wildman–Crippen MR) is 66.9 cm³/mol. The van der Waals surface area contributed by atoms with E-state index in [0.29, 0.717) is 5.56 Å². The number of carboxylic acid groups (broad SMARTS) is 1. The Balaban J connectivity index is 2.16. The maximum absolute atomic E-state index is 12.3. The summed E-state index contributed by atoms with van der Waals surface area (Å²) in [4.78, 5) is 24.8. The Kier molecular flexibility index (Phi) is 3.68. The number of ether oxygens (including phenoxy) is 1. The Morgan fingerprint density at radius 1 is 1.44 bits per heavy atom. The molecule has 1 saturated heterocycles. The van der Waals surface area contributed by atoms with Gasteiger partial charge in [0, 0.05) is 12.4 Å². The Bertz CT molecular complexity index is 470. The molecule has 1 aliphatic rings. The molecule has 6 heteroatoms. The van der Waals surface area contributed by atoms with Gasteiger partial charge in [0.1, 0.15) is 5.92 Å². The number of carbonyl (C=O) groups is 2. The van der Waals surface area contributed by atoms with Crippen LogP contribution in [0.2, 0.25) is 0 Å². The topological polar surface area (TPSA) is 66.8 Å². The second kappa shape index (κ2) is 5.07. The van der Waals surface area contributed by atoms with Gasteiger partial charge in [0.05, 0.1) is 24.8 Å². The second-order valence-electron chi connectivity index (χ2n) is 4.43. The summed E-state index contributed by atoms with van der Waals surface area (Å²) in [6, 6.07) is -0.394. The van der Waals surface area contributed by atoms with E-state index in [1.54, 1.807) is 12.4 Å². The zero-order chi connectivity index (χ0) is 13.3. The summed E-state index contributed by atoms with van der Waals surface area (Å²) >= 11 is 1.47. The average Bonchev–Trinajstić information content (AvgIpc) is 2.95. The SMILES string of the molecule is Cc1cscc1C(=O)N(C)C1COCC1C(=O)O. The summed E-state index contributed by atoms with van der Waals surface area (Å²) in [7, 11) is 1.63. The first-order valence-electron chi connectivity index (χ1n) is 5.63. The standard InChI is InChI=1S/C12H15NO4S/c1-7-5-18-6-9(7)11(14)13(2)10-4-17-3-8(10)12(15)16/h5-6,8,10H,3-4H2,1-2H3,(H,15,16). The van der Waals surface area contributed by atoms with Crippen LogP contribution in [0.4, 0.5) is 0 Å². The number of aliphatic carboxylic acids is 1. The lowest BCUT2D eigenvalue weighted by Gasteiger charge is -2.26. The molecule has 0 aromatic carbocycles. The van der Waals surface area contributed by atoms with Gasteiger partial charge in [-0.25, -0.2) is 0 Å². The number of carbonyl (C=O) groups excluding carboxylic acids is 1. The van der Waals surface area contributed by atoms with Gasteiger partial charge in [0.25, 0.3) is 5.91 Å². The molecular weight excluding hydrogens is 254 g/mol. The molecule has 18 heavy (non-hydrogen) atoms. The van der Waals surface area contributed by atoms with Crippen molar-refractivity contribution in [3.63, 3.8) is 0 Å². The maximum atomic E-state index is 12.3. The van der Waals surface area contributed by atoms with Gasteiger partial charge >= 0.3 is 5.97 Å². The van der Waals surface area contributed by atoms with E-state index in [9.17, 15) is 9.59 Å². The molecular formula is C12H15NO4S. The molecule has 1 aliphatic heterocycles. The summed E-state index contributed by atoms with van der Waals surface area (Å²) in [5.74, 6) is -1.70. The minimum atomic E-state index is -0.917. The van der Waals surface area contributed by atoms with Crippen molar-refractivity contribution in [2.45, 2.75) is 13.0 Å². The molecule has 1 aromatic rings. The quantitative estimate of drug-likeness (QED) is 0.896. The smallest absolute Gasteiger partial charge is 0.311 e. The van der Waals surface area contributed by atoms with Crippen LogP contribution in [0.3, 0.4) is 0 Å². The molecule has 1 N–H and O–H groups in total. The minimum Gasteiger partial charge on any atom is -0.481 e. The van der Waals surface area contributed by atoms with Gasteiger partial charge in [0.2, 0.25) is 0 Å². The van der Waals surface area contributed by atoms with E-state index >= 15 is 0 Å². The fourth-order valence-corrected chi connectivity index (χ4v) is 2.90. The molecule has 0 spiro atoms. The minimum absolute atomic E-state index is 0.143. The van der Waals surface area contributed by atoms with Crippen LogP contribution in [0, 0.1) is 12.8 Å². The molecule has 2 heterocycles. The van der Waals surface area contributed by atoms with Crippen molar-refractivity contribution in [2.24, 2.45) is 5.92 Å². The first kappa shape index (κ1) is 13.0. The number of hydrogen-bond donors (Lipinski definition) is 1. The fraction of sp³-hybridized carbons (Fsp3) is 0.500. The van der Waals surface area contributed by atoms with Gasteiger partial charge in [-0.2, -0.15) is 11.3 Å². The fourth-order valence-electron chi connectivity index (χ4n) is 2.08. The first-order valence-corrected chi connectivity index (χ1v) is 6.57. The van der Waals surface area contributed by atoms with E-state index in [2.05, 4.69) is 0 Å². The third kappa shape index (κ3) is 2.26. The van der Waals surface area contributed by atoms with Gasteiger partial charge in [-0.15, -0.1) is 0 Å². The van der Waals surface area contributed by atoms with Crippen LogP contribution in [-0.4, -0.2) is 48.2 Å². The lowest BCUT2D eigenvalue weighted by atomic mass is 10.0. The number of amides is 1. The molecule has 1 amide bonds. The highest BCUT2D eigenvalue weighted by Gasteiger charge is 2.38. The van der Waals surface area contributed by atoms with E-state index in [1.165, 1.54) is 16.2 Å². The Hall–Kier alpha value is -1.40. The van der Waals surface area contributed by atoms with Gasteiger partial charge in [-0.05, 0) is 17.9 Å². The van der Waals surface area contributed by atoms with Crippen molar-refractivity contribution in [3.05, 3.63) is 21.9 Å². The van der Waals surface area contributed by atoms with Crippen LogP contribution in [0.25, 0.3) is 0 Å². The van der Waals surface area contributed by atoms with Crippen molar-refractivity contribution in [1.82, 2.24) is 4.90 Å². The number of rotatable bonds is 3. The molecule has 1 aromatic heterocycles. The summed E-state index contributed by atoms with van der Waals surface area (Å²) in [5, 5.41) is 12.8. The van der Waals surface area contributed by atoms with Crippen molar-refractivity contribution in [1.29, 1.82) is 0 Å². The molecule has 1 fully saturated rings. The van der Waals surface area contributed by atoms with Crippen molar-refractivity contribution in [2.75, 3.05) is 20.3 Å². The van der Waals surface area contributed by atoms with E-state index < -0.39 is 17.9 Å². The van der Waals surface area contributed by atoms with E-state index in [4.69, 9.17) is 9.84 Å². The zero-order valence-electron chi connectivity index (χ0n) is 10.3. The van der Waals surface area contributed by atoms with Crippen molar-refractivity contribution < 1.29 is 19.4 Å². The van der Waals surface area contributed by atoms with Crippen molar-refractivity contribution in [3.8, 4) is 0 Å². The van der Waals surface area contributed by atoms with Crippen LogP contribution in [0.1, 0.15) is 15.9 Å². The monoisotopic (exact) mass is 269 g/mol. The molecule has 0 aliphatic carbocycles. The Morgan fingerprint density at radius 2 is 2.17 bits per heavy atom. The second-order valence-corrected chi connectivity index (χ2v) is 5.18. The highest BCUT2D eigenvalue weighted by molar-refractivity contribution is 7.08. The third-order valence-corrected chi connectivity index (χ3v) is 4.13. The van der Waals surface area contributed by atoms with Gasteiger partial charge in [-0.1, -0.05) is 0 Å². The largest absolute Gasteiger partial charge is 0.481 e. The van der Waals surface area contributed by atoms with E-state index in [0.717, 1.165) is 5.56 Å². The van der Waals surface area contributed by atoms with Crippen LogP contribution in [0.5, 0.6) is 0 Å². The van der Waals surface area contributed by atoms with Gasteiger partial charge in [0.15, 0.2) is 0 Å². The maximum Gasteiger partial charge on any atom is 0.311 e. The number of aryl methyl sites for hydroxylation is 1. The van der Waals surface area contributed by atoms with Crippen LogP contribution in [-0.2, 0) is 9.53 Å². The zero-order valence-corrected chi connectivity index (χ0v) is 11.1. The van der Waals surface area contributed by atoms with E-state index in [-0.39, 0.29) is 19.1 Å².